The van der Waals surface area contributed by atoms with Crippen LogP contribution < -0.4 is 5.32 Å². The molecule has 2 aromatic carbocycles. The number of alkyl carbamates (subject to hydrolysis) is 1. The van der Waals surface area contributed by atoms with Crippen LogP contribution in [0.25, 0.3) is 0 Å². The van der Waals surface area contributed by atoms with E-state index in [9.17, 15) is 14.0 Å². The van der Waals surface area contributed by atoms with Gasteiger partial charge in [0.15, 0.2) is 0 Å². The summed E-state index contributed by atoms with van der Waals surface area (Å²) in [5.41, 5.74) is 1.28. The first-order valence-electron chi connectivity index (χ1n) is 11.1. The Labute approximate surface area is 195 Å². The molecule has 0 aromatic heterocycles. The number of carbonyl (C=O) groups is 2. The van der Waals surface area contributed by atoms with Crippen molar-refractivity contribution in [3.63, 3.8) is 0 Å². The molecule has 0 saturated heterocycles. The first-order valence-corrected chi connectivity index (χ1v) is 11.1. The van der Waals surface area contributed by atoms with Gasteiger partial charge < -0.3 is 19.5 Å². The quantitative estimate of drug-likeness (QED) is 0.504. The average Bonchev–Trinajstić information content (AvgIpc) is 2.73. The highest BCUT2D eigenvalue weighted by Crippen LogP contribution is 2.18. The Hall–Kier alpha value is -2.93. The number of halogens is 1. The third-order valence-electron chi connectivity index (χ3n) is 4.91. The summed E-state index contributed by atoms with van der Waals surface area (Å²) in [5.74, 6) is -1.05. The van der Waals surface area contributed by atoms with Crippen LogP contribution in [0.1, 0.15) is 45.7 Å². The summed E-state index contributed by atoms with van der Waals surface area (Å²) in [6.07, 6.45) is -0.646. The minimum absolute atomic E-state index is 0.170. The second kappa shape index (κ2) is 12.3. The molecule has 1 amide bonds. The molecule has 2 rings (SSSR count). The van der Waals surface area contributed by atoms with Crippen LogP contribution in [0.5, 0.6) is 0 Å². The molecule has 0 spiro atoms. The predicted molar refractivity (Wildman–Crippen MR) is 124 cm³/mol. The van der Waals surface area contributed by atoms with Crippen molar-refractivity contribution in [3.8, 4) is 0 Å². The maximum atomic E-state index is 13.3. The molecular formula is C26H34FNO5. The molecule has 7 heteroatoms. The first-order chi connectivity index (χ1) is 15.5. The summed E-state index contributed by atoms with van der Waals surface area (Å²) in [7, 11) is 0. The molecule has 2 aromatic rings. The number of rotatable bonds is 10. The summed E-state index contributed by atoms with van der Waals surface area (Å²) < 4.78 is 30.0. The lowest BCUT2D eigenvalue weighted by Crippen LogP contribution is -2.44. The van der Waals surface area contributed by atoms with Gasteiger partial charge in [-0.15, -0.1) is 0 Å². The van der Waals surface area contributed by atoms with Crippen molar-refractivity contribution in [2.24, 2.45) is 5.92 Å². The van der Waals surface area contributed by atoms with Gasteiger partial charge in [0.2, 0.25) is 0 Å². The molecule has 0 heterocycles. The average molecular weight is 460 g/mol. The van der Waals surface area contributed by atoms with Crippen molar-refractivity contribution in [1.29, 1.82) is 0 Å². The van der Waals surface area contributed by atoms with Gasteiger partial charge in [0, 0.05) is 5.92 Å². The first kappa shape index (κ1) is 26.3. The summed E-state index contributed by atoms with van der Waals surface area (Å²) in [6.45, 7) is 9.33. The zero-order valence-electron chi connectivity index (χ0n) is 20.0. The molecule has 1 N–H and O–H groups in total. The summed E-state index contributed by atoms with van der Waals surface area (Å²) in [6, 6.07) is 15.1. The lowest BCUT2D eigenvalue weighted by molar-refractivity contribution is -0.154. The predicted octanol–water partition coefficient (Wildman–Crippen LogP) is 5.05. The fourth-order valence-corrected chi connectivity index (χ4v) is 3.11. The summed E-state index contributed by atoms with van der Waals surface area (Å²) in [4.78, 5) is 24.5. The van der Waals surface area contributed by atoms with Crippen molar-refractivity contribution in [2.45, 2.75) is 65.4 Å². The van der Waals surface area contributed by atoms with Crippen molar-refractivity contribution < 1.29 is 28.2 Å². The van der Waals surface area contributed by atoms with Crippen LogP contribution in [0.4, 0.5) is 9.18 Å². The van der Waals surface area contributed by atoms with E-state index >= 15 is 0 Å². The molecule has 6 nitrogen and oxygen atoms in total. The van der Waals surface area contributed by atoms with Crippen molar-refractivity contribution >= 4 is 12.1 Å². The number of esters is 1. The molecule has 0 fully saturated rings. The van der Waals surface area contributed by atoms with Crippen LogP contribution in [-0.4, -0.2) is 36.4 Å². The van der Waals surface area contributed by atoms with Crippen LogP contribution in [0.15, 0.2) is 54.6 Å². The molecule has 0 radical (unpaired) electrons. The Morgan fingerprint density at radius 2 is 1.61 bits per heavy atom. The van der Waals surface area contributed by atoms with Crippen LogP contribution in [0.2, 0.25) is 0 Å². The third kappa shape index (κ3) is 10.0. The molecule has 0 aliphatic heterocycles. The number of amides is 1. The van der Waals surface area contributed by atoms with Gasteiger partial charge in [0.25, 0.3) is 0 Å². The van der Waals surface area contributed by atoms with Crippen LogP contribution in [0.3, 0.4) is 0 Å². The fourth-order valence-electron chi connectivity index (χ4n) is 3.11. The maximum absolute atomic E-state index is 13.3. The largest absolute Gasteiger partial charge is 0.461 e. The van der Waals surface area contributed by atoms with Crippen LogP contribution in [0, 0.1) is 11.7 Å². The summed E-state index contributed by atoms with van der Waals surface area (Å²) >= 11 is 0. The zero-order chi connectivity index (χ0) is 24.4. The molecule has 180 valence electrons. The van der Waals surface area contributed by atoms with Gasteiger partial charge in [-0.05, 0) is 64.3 Å². The molecule has 0 unspecified atom stereocenters. The van der Waals surface area contributed by atoms with E-state index in [0.717, 1.165) is 11.1 Å². The van der Waals surface area contributed by atoms with E-state index in [2.05, 4.69) is 5.32 Å². The fraction of sp³-hybridized carbons (Fsp3) is 0.462. The van der Waals surface area contributed by atoms with E-state index in [0.29, 0.717) is 19.6 Å². The standard InChI is InChI=1S/C26H34FNO5/c1-18(28-25(30)33-26(3,4)5)24(29)32-19(2)22(15-20-11-13-23(27)14-12-20)17-31-16-21-9-7-6-8-10-21/h6-14,18-19,22H,15-17H2,1-5H3,(H,28,30)/t18-,19-,22+/m0/s1. The van der Waals surface area contributed by atoms with Crippen molar-refractivity contribution in [2.75, 3.05) is 6.61 Å². The number of benzene rings is 2. The Balaban J connectivity index is 1.98. The van der Waals surface area contributed by atoms with Crippen molar-refractivity contribution in [1.82, 2.24) is 5.32 Å². The highest BCUT2D eigenvalue weighted by molar-refractivity contribution is 5.81. The molecule has 0 aliphatic rings. The van der Waals surface area contributed by atoms with Gasteiger partial charge in [0.1, 0.15) is 23.6 Å². The Bertz CT molecular complexity index is 880. The lowest BCUT2D eigenvalue weighted by Gasteiger charge is -2.26. The summed E-state index contributed by atoms with van der Waals surface area (Å²) in [5, 5.41) is 2.49. The number of ether oxygens (including phenoxy) is 3. The molecule has 0 saturated carbocycles. The molecule has 0 bridgehead atoms. The van der Waals surface area contributed by atoms with Gasteiger partial charge >= 0.3 is 12.1 Å². The number of nitrogens with one attached hydrogen (secondary N) is 1. The zero-order valence-corrected chi connectivity index (χ0v) is 20.0. The number of carbonyl (C=O) groups excluding carboxylic acids is 2. The molecule has 33 heavy (non-hydrogen) atoms. The Kier molecular flexibility index (Phi) is 9.85. The van der Waals surface area contributed by atoms with Crippen molar-refractivity contribution in [3.05, 3.63) is 71.5 Å². The molecular weight excluding hydrogens is 425 g/mol. The van der Waals surface area contributed by atoms with Crippen LogP contribution >= 0.6 is 0 Å². The second-order valence-electron chi connectivity index (χ2n) is 9.10. The lowest BCUT2D eigenvalue weighted by atomic mass is 9.95. The van der Waals surface area contributed by atoms with E-state index < -0.39 is 29.8 Å². The molecule has 0 aliphatic carbocycles. The van der Waals surface area contributed by atoms with Gasteiger partial charge in [0.05, 0.1) is 13.2 Å². The van der Waals surface area contributed by atoms with Gasteiger partial charge in [-0.3, -0.25) is 0 Å². The normalized spacial score (nSPS) is 14.1. The van der Waals surface area contributed by atoms with Crippen LogP contribution in [-0.2, 0) is 32.0 Å². The highest BCUT2D eigenvalue weighted by Gasteiger charge is 2.27. The van der Waals surface area contributed by atoms with Gasteiger partial charge in [-0.1, -0.05) is 42.5 Å². The van der Waals surface area contributed by atoms with E-state index in [1.54, 1.807) is 46.8 Å². The topological polar surface area (TPSA) is 73.9 Å². The van der Waals surface area contributed by atoms with E-state index in [4.69, 9.17) is 14.2 Å². The smallest absolute Gasteiger partial charge is 0.408 e. The van der Waals surface area contributed by atoms with E-state index in [1.165, 1.54) is 12.1 Å². The number of hydrogen-bond donors (Lipinski definition) is 1. The Morgan fingerprint density at radius 1 is 0.970 bits per heavy atom. The number of hydrogen-bond acceptors (Lipinski definition) is 5. The Morgan fingerprint density at radius 3 is 2.21 bits per heavy atom. The van der Waals surface area contributed by atoms with Gasteiger partial charge in [-0.25, -0.2) is 14.0 Å². The maximum Gasteiger partial charge on any atom is 0.408 e. The van der Waals surface area contributed by atoms with E-state index in [1.807, 2.05) is 30.3 Å². The highest BCUT2D eigenvalue weighted by atomic mass is 19.1. The second-order valence-corrected chi connectivity index (χ2v) is 9.10. The minimum atomic E-state index is -0.876. The SMILES string of the molecule is C[C@H](NC(=O)OC(C)(C)C)C(=O)O[C@@H](C)[C@@H](COCc1ccccc1)Cc1ccc(F)cc1. The van der Waals surface area contributed by atoms with Gasteiger partial charge in [-0.2, -0.15) is 0 Å². The molecule has 3 atom stereocenters. The minimum Gasteiger partial charge on any atom is -0.461 e. The monoisotopic (exact) mass is 459 g/mol. The van der Waals surface area contributed by atoms with E-state index in [-0.39, 0.29) is 11.7 Å². The third-order valence-corrected chi connectivity index (χ3v) is 4.91.